The number of carbonyl (C=O) groups excluding carboxylic acids is 1. The molecular weight excluding hydrogens is 268 g/mol. The van der Waals surface area contributed by atoms with Crippen LogP contribution in [-0.4, -0.2) is 60.7 Å². The molecule has 1 amide bonds. The van der Waals surface area contributed by atoms with Gasteiger partial charge in [-0.25, -0.2) is 9.97 Å². The maximum Gasteiger partial charge on any atom is 0.248 e. The minimum absolute atomic E-state index is 0.0995. The average molecular weight is 290 g/mol. The van der Waals surface area contributed by atoms with Crippen molar-refractivity contribution in [1.29, 1.82) is 0 Å². The lowest BCUT2D eigenvalue weighted by Crippen LogP contribution is -2.46. The molecule has 0 radical (unpaired) electrons. The quantitative estimate of drug-likeness (QED) is 0.829. The second-order valence-electron chi connectivity index (χ2n) is 6.07. The number of carbonyl (C=O) groups is 1. The van der Waals surface area contributed by atoms with Crippen molar-refractivity contribution in [3.63, 3.8) is 0 Å². The van der Waals surface area contributed by atoms with E-state index in [1.165, 1.54) is 6.42 Å². The van der Waals surface area contributed by atoms with Crippen molar-refractivity contribution in [2.45, 2.75) is 19.3 Å². The standard InChI is InChI=1S/C15H22N4O2/c1-21-10-13(20)18-9-5-15(11-18)4-2-8-19(12-15)14-16-6-3-7-17-14/h3,6-7H,2,4-5,8-12H2,1H3/t15-/m0/s1. The number of likely N-dealkylation sites (tertiary alicyclic amines) is 1. The van der Waals surface area contributed by atoms with Gasteiger partial charge in [-0.3, -0.25) is 4.79 Å². The van der Waals surface area contributed by atoms with Gasteiger partial charge in [-0.05, 0) is 25.3 Å². The zero-order valence-electron chi connectivity index (χ0n) is 12.5. The zero-order chi connectivity index (χ0) is 14.7. The van der Waals surface area contributed by atoms with E-state index in [-0.39, 0.29) is 17.9 Å². The summed E-state index contributed by atoms with van der Waals surface area (Å²) in [6.07, 6.45) is 6.93. The summed E-state index contributed by atoms with van der Waals surface area (Å²) in [4.78, 5) is 24.9. The molecule has 6 heteroatoms. The Balaban J connectivity index is 1.67. The Hall–Kier alpha value is -1.69. The number of hydrogen-bond acceptors (Lipinski definition) is 5. The monoisotopic (exact) mass is 290 g/mol. The maximum atomic E-state index is 12.0. The van der Waals surface area contributed by atoms with Crippen molar-refractivity contribution in [1.82, 2.24) is 14.9 Å². The van der Waals surface area contributed by atoms with Gasteiger partial charge in [0, 0.05) is 51.1 Å². The molecule has 3 heterocycles. The molecule has 0 N–H and O–H groups in total. The first kappa shape index (κ1) is 14.3. The van der Waals surface area contributed by atoms with Crippen LogP contribution in [0.3, 0.4) is 0 Å². The Labute approximate surface area is 125 Å². The molecule has 3 rings (SSSR count). The number of nitrogens with zero attached hydrogens (tertiary/aromatic N) is 4. The van der Waals surface area contributed by atoms with Gasteiger partial charge >= 0.3 is 0 Å². The van der Waals surface area contributed by atoms with Crippen LogP contribution in [-0.2, 0) is 9.53 Å². The Morgan fingerprint density at radius 1 is 1.29 bits per heavy atom. The first-order valence-electron chi connectivity index (χ1n) is 7.51. The third-order valence-corrected chi connectivity index (χ3v) is 4.56. The molecule has 2 aliphatic heterocycles. The summed E-state index contributed by atoms with van der Waals surface area (Å²) < 4.78 is 4.96. The molecule has 2 aliphatic rings. The third kappa shape index (κ3) is 3.00. The lowest BCUT2D eigenvalue weighted by atomic mass is 9.79. The van der Waals surface area contributed by atoms with Crippen molar-refractivity contribution >= 4 is 11.9 Å². The van der Waals surface area contributed by atoms with Crippen molar-refractivity contribution in [2.75, 3.05) is 44.8 Å². The zero-order valence-corrected chi connectivity index (χ0v) is 12.5. The Morgan fingerprint density at radius 2 is 2.10 bits per heavy atom. The summed E-state index contributed by atoms with van der Waals surface area (Å²) in [5.41, 5.74) is 0.195. The fourth-order valence-corrected chi connectivity index (χ4v) is 3.53. The summed E-state index contributed by atoms with van der Waals surface area (Å²) in [5, 5.41) is 0. The van der Waals surface area contributed by atoms with Crippen molar-refractivity contribution in [3.05, 3.63) is 18.5 Å². The minimum atomic E-state index is 0.0995. The van der Waals surface area contributed by atoms with Crippen LogP contribution in [0.25, 0.3) is 0 Å². The largest absolute Gasteiger partial charge is 0.375 e. The Morgan fingerprint density at radius 3 is 2.86 bits per heavy atom. The van der Waals surface area contributed by atoms with Gasteiger partial charge in [0.1, 0.15) is 6.61 Å². The van der Waals surface area contributed by atoms with E-state index in [9.17, 15) is 4.79 Å². The van der Waals surface area contributed by atoms with E-state index in [0.29, 0.717) is 0 Å². The molecule has 0 unspecified atom stereocenters. The molecule has 1 atom stereocenters. The molecule has 0 aromatic carbocycles. The van der Waals surface area contributed by atoms with E-state index >= 15 is 0 Å². The van der Waals surface area contributed by atoms with Crippen LogP contribution in [0.5, 0.6) is 0 Å². The maximum absolute atomic E-state index is 12.0. The summed E-state index contributed by atoms with van der Waals surface area (Å²) >= 11 is 0. The van der Waals surface area contributed by atoms with E-state index in [2.05, 4.69) is 14.9 Å². The van der Waals surface area contributed by atoms with Gasteiger partial charge in [0.05, 0.1) is 0 Å². The van der Waals surface area contributed by atoms with Gasteiger partial charge in [-0.15, -0.1) is 0 Å². The second-order valence-corrected chi connectivity index (χ2v) is 6.07. The smallest absolute Gasteiger partial charge is 0.248 e. The van der Waals surface area contributed by atoms with E-state index in [4.69, 9.17) is 4.74 Å². The number of piperidine rings is 1. The summed E-state index contributed by atoms with van der Waals surface area (Å²) in [6, 6.07) is 1.84. The fraction of sp³-hybridized carbons (Fsp3) is 0.667. The topological polar surface area (TPSA) is 58.6 Å². The molecule has 0 bridgehead atoms. The van der Waals surface area contributed by atoms with Gasteiger partial charge in [0.25, 0.3) is 0 Å². The molecule has 1 aromatic heterocycles. The second kappa shape index (κ2) is 5.97. The number of anilines is 1. The molecule has 114 valence electrons. The average Bonchev–Trinajstić information content (AvgIpc) is 2.92. The highest BCUT2D eigenvalue weighted by Crippen LogP contribution is 2.39. The molecule has 0 saturated carbocycles. The van der Waals surface area contributed by atoms with E-state index in [1.54, 1.807) is 19.5 Å². The number of ether oxygens (including phenoxy) is 1. The molecular formula is C15H22N4O2. The van der Waals surface area contributed by atoms with Crippen LogP contribution in [0.15, 0.2) is 18.5 Å². The minimum Gasteiger partial charge on any atom is -0.375 e. The molecule has 0 aliphatic carbocycles. The van der Waals surface area contributed by atoms with Gasteiger partial charge < -0.3 is 14.5 Å². The lowest BCUT2D eigenvalue weighted by molar-refractivity contribution is -0.134. The van der Waals surface area contributed by atoms with Gasteiger partial charge in [0.15, 0.2) is 0 Å². The summed E-state index contributed by atoms with van der Waals surface area (Å²) in [5.74, 6) is 0.903. The predicted octanol–water partition coefficient (Wildman–Crippen LogP) is 0.942. The number of methoxy groups -OCH3 is 1. The van der Waals surface area contributed by atoms with Crippen molar-refractivity contribution < 1.29 is 9.53 Å². The highest BCUT2D eigenvalue weighted by atomic mass is 16.5. The highest BCUT2D eigenvalue weighted by Gasteiger charge is 2.43. The Bertz CT molecular complexity index is 496. The van der Waals surface area contributed by atoms with E-state index in [1.807, 2.05) is 11.0 Å². The number of hydrogen-bond donors (Lipinski definition) is 0. The number of amides is 1. The molecule has 2 fully saturated rings. The molecule has 1 aromatic rings. The van der Waals surface area contributed by atoms with E-state index in [0.717, 1.165) is 45.0 Å². The van der Waals surface area contributed by atoms with E-state index < -0.39 is 0 Å². The highest BCUT2D eigenvalue weighted by molar-refractivity contribution is 5.77. The molecule has 6 nitrogen and oxygen atoms in total. The first-order chi connectivity index (χ1) is 10.2. The predicted molar refractivity (Wildman–Crippen MR) is 79.0 cm³/mol. The van der Waals surface area contributed by atoms with Crippen LogP contribution >= 0.6 is 0 Å². The van der Waals surface area contributed by atoms with Crippen LogP contribution in [0.2, 0.25) is 0 Å². The van der Waals surface area contributed by atoms with Crippen LogP contribution in [0.1, 0.15) is 19.3 Å². The Kier molecular flexibility index (Phi) is 4.05. The van der Waals surface area contributed by atoms with Gasteiger partial charge in [-0.2, -0.15) is 0 Å². The van der Waals surface area contributed by atoms with Crippen molar-refractivity contribution in [2.24, 2.45) is 5.41 Å². The van der Waals surface area contributed by atoms with Crippen LogP contribution in [0, 0.1) is 5.41 Å². The normalized spacial score (nSPS) is 25.6. The molecule has 2 saturated heterocycles. The first-order valence-corrected chi connectivity index (χ1v) is 7.51. The third-order valence-electron chi connectivity index (χ3n) is 4.56. The molecule has 21 heavy (non-hydrogen) atoms. The SMILES string of the molecule is COCC(=O)N1CC[C@@]2(CCCN(c3ncccn3)C2)C1. The van der Waals surface area contributed by atoms with Crippen LogP contribution < -0.4 is 4.90 Å². The lowest BCUT2D eigenvalue weighted by Gasteiger charge is -2.40. The van der Waals surface area contributed by atoms with Gasteiger partial charge in [0.2, 0.25) is 11.9 Å². The summed E-state index contributed by atoms with van der Waals surface area (Å²) in [7, 11) is 1.57. The number of rotatable bonds is 3. The van der Waals surface area contributed by atoms with Crippen LogP contribution in [0.4, 0.5) is 5.95 Å². The fourth-order valence-electron chi connectivity index (χ4n) is 3.53. The number of aromatic nitrogens is 2. The summed E-state index contributed by atoms with van der Waals surface area (Å²) in [6.45, 7) is 3.79. The van der Waals surface area contributed by atoms with Crippen molar-refractivity contribution in [3.8, 4) is 0 Å². The molecule has 1 spiro atoms. The van der Waals surface area contributed by atoms with Gasteiger partial charge in [-0.1, -0.05) is 0 Å².